The molecule has 0 bridgehead atoms. The Hall–Kier alpha value is -4.04. The van der Waals surface area contributed by atoms with Gasteiger partial charge in [0.05, 0.1) is 23.5 Å². The minimum absolute atomic E-state index is 0.331. The lowest BCUT2D eigenvalue weighted by Gasteiger charge is -2.25. The molecule has 1 aliphatic rings. The molecular weight excluding hydrogens is 417 g/mol. The molecule has 1 aliphatic heterocycles. The first-order chi connectivity index (χ1) is 15.9. The SMILES string of the molecule is Cc1nnc2nc(N3CCCCc4c(C#CC(C)(C)C#N)cncc43)c3cc(F)ccc3n12. The van der Waals surface area contributed by atoms with E-state index < -0.39 is 5.41 Å². The Labute approximate surface area is 190 Å². The Morgan fingerprint density at radius 1 is 1.15 bits per heavy atom. The van der Waals surface area contributed by atoms with Gasteiger partial charge < -0.3 is 4.90 Å². The highest BCUT2D eigenvalue weighted by Crippen LogP contribution is 2.37. The zero-order valence-corrected chi connectivity index (χ0v) is 18.7. The van der Waals surface area contributed by atoms with E-state index in [0.717, 1.165) is 41.6 Å². The highest BCUT2D eigenvalue weighted by Gasteiger charge is 2.24. The highest BCUT2D eigenvalue weighted by atomic mass is 19.1. The van der Waals surface area contributed by atoms with Crippen LogP contribution in [0.15, 0.2) is 30.6 Å². The summed E-state index contributed by atoms with van der Waals surface area (Å²) in [5.41, 5.74) is 2.81. The molecule has 0 spiro atoms. The molecule has 0 radical (unpaired) electrons. The second-order valence-electron chi connectivity index (χ2n) is 8.76. The summed E-state index contributed by atoms with van der Waals surface area (Å²) in [6.07, 6.45) is 6.30. The fourth-order valence-corrected chi connectivity index (χ4v) is 4.19. The van der Waals surface area contributed by atoms with Crippen molar-refractivity contribution in [2.45, 2.75) is 40.0 Å². The largest absolute Gasteiger partial charge is 0.324 e. The number of hydrogen-bond donors (Lipinski definition) is 0. The Morgan fingerprint density at radius 2 is 2.00 bits per heavy atom. The van der Waals surface area contributed by atoms with Crippen LogP contribution < -0.4 is 4.90 Å². The number of fused-ring (bicyclic) bond motifs is 4. The molecule has 0 saturated heterocycles. The molecule has 8 heteroatoms. The van der Waals surface area contributed by atoms with E-state index in [1.54, 1.807) is 26.1 Å². The summed E-state index contributed by atoms with van der Waals surface area (Å²) < 4.78 is 16.2. The van der Waals surface area contributed by atoms with Gasteiger partial charge in [-0.2, -0.15) is 10.2 Å². The minimum Gasteiger partial charge on any atom is -0.324 e. The predicted octanol–water partition coefficient (Wildman–Crippen LogP) is 4.50. The molecule has 0 N–H and O–H groups in total. The standard InChI is InChI=1S/C25H22FN7/c1-16-30-31-24-29-23(20-12-18(26)7-8-21(20)33(16)24)32-11-5-4-6-19-17(13-28-14-22(19)32)9-10-25(2,3)15-27/h7-8,12-14H,4-6,11H2,1-3H3. The summed E-state index contributed by atoms with van der Waals surface area (Å²) in [7, 11) is 0. The summed E-state index contributed by atoms with van der Waals surface area (Å²) in [5, 5.41) is 18.4. The van der Waals surface area contributed by atoms with Gasteiger partial charge >= 0.3 is 0 Å². The molecule has 33 heavy (non-hydrogen) atoms. The van der Waals surface area contributed by atoms with Crippen molar-refractivity contribution in [1.29, 1.82) is 5.26 Å². The van der Waals surface area contributed by atoms with Crippen molar-refractivity contribution in [3.8, 4) is 17.9 Å². The molecule has 0 atom stereocenters. The van der Waals surface area contributed by atoms with E-state index in [2.05, 4.69) is 38.0 Å². The van der Waals surface area contributed by atoms with Gasteiger partial charge in [-0.15, -0.1) is 10.2 Å². The number of aryl methyl sites for hydroxylation is 1. The molecule has 5 rings (SSSR count). The van der Waals surface area contributed by atoms with Gasteiger partial charge in [0.25, 0.3) is 5.78 Å². The van der Waals surface area contributed by atoms with E-state index in [1.807, 2.05) is 17.5 Å². The first-order valence-corrected chi connectivity index (χ1v) is 10.9. The number of nitrogens with zero attached hydrogens (tertiary/aromatic N) is 7. The van der Waals surface area contributed by atoms with Gasteiger partial charge in [0.1, 0.15) is 22.9 Å². The van der Waals surface area contributed by atoms with Gasteiger partial charge in [-0.25, -0.2) is 4.39 Å². The first kappa shape index (κ1) is 20.8. The number of halogens is 1. The van der Waals surface area contributed by atoms with Gasteiger partial charge in [0.15, 0.2) is 0 Å². The molecule has 4 aromatic rings. The molecule has 164 valence electrons. The van der Waals surface area contributed by atoms with Crippen LogP contribution in [0.3, 0.4) is 0 Å². The Morgan fingerprint density at radius 3 is 2.82 bits per heavy atom. The van der Waals surface area contributed by atoms with Gasteiger partial charge in [0.2, 0.25) is 0 Å². The van der Waals surface area contributed by atoms with Gasteiger partial charge in [-0.3, -0.25) is 9.38 Å². The summed E-state index contributed by atoms with van der Waals surface area (Å²) >= 11 is 0. The maximum absolute atomic E-state index is 14.4. The van der Waals surface area contributed by atoms with Gasteiger partial charge in [-0.1, -0.05) is 11.8 Å². The van der Waals surface area contributed by atoms with Crippen LogP contribution in [0.1, 0.15) is 43.6 Å². The molecule has 1 aromatic carbocycles. The van der Waals surface area contributed by atoms with Crippen LogP contribution in [0.2, 0.25) is 0 Å². The lowest BCUT2D eigenvalue weighted by atomic mass is 9.95. The predicted molar refractivity (Wildman–Crippen MR) is 123 cm³/mol. The van der Waals surface area contributed by atoms with Gasteiger partial charge in [0, 0.05) is 23.7 Å². The van der Waals surface area contributed by atoms with E-state index in [1.165, 1.54) is 12.1 Å². The maximum atomic E-state index is 14.4. The summed E-state index contributed by atoms with van der Waals surface area (Å²) in [4.78, 5) is 11.3. The van der Waals surface area contributed by atoms with Crippen LogP contribution in [-0.4, -0.2) is 31.1 Å². The third kappa shape index (κ3) is 3.64. The fraction of sp³-hybridized carbons (Fsp3) is 0.320. The van der Waals surface area contributed by atoms with Crippen LogP contribution in [0.5, 0.6) is 0 Å². The second kappa shape index (κ2) is 7.83. The van der Waals surface area contributed by atoms with E-state index in [9.17, 15) is 9.65 Å². The quantitative estimate of drug-likeness (QED) is 0.406. The van der Waals surface area contributed by atoms with Crippen LogP contribution in [0, 0.1) is 41.3 Å². The number of aromatic nitrogens is 5. The van der Waals surface area contributed by atoms with E-state index in [-0.39, 0.29) is 5.82 Å². The molecule has 7 nitrogen and oxygen atoms in total. The van der Waals surface area contributed by atoms with Crippen LogP contribution in [0.4, 0.5) is 15.9 Å². The molecule has 0 unspecified atom stereocenters. The van der Waals surface area contributed by atoms with Crippen molar-refractivity contribution in [1.82, 2.24) is 24.6 Å². The highest BCUT2D eigenvalue weighted by molar-refractivity contribution is 5.94. The van der Waals surface area contributed by atoms with E-state index in [0.29, 0.717) is 29.4 Å². The lowest BCUT2D eigenvalue weighted by molar-refractivity contribution is 0.629. The number of pyridine rings is 1. The molecule has 0 amide bonds. The first-order valence-electron chi connectivity index (χ1n) is 10.9. The third-order valence-corrected chi connectivity index (χ3v) is 5.88. The Kier molecular flexibility index (Phi) is 4.94. The average Bonchev–Trinajstić information content (AvgIpc) is 3.04. The van der Waals surface area contributed by atoms with Crippen LogP contribution in [0.25, 0.3) is 16.7 Å². The second-order valence-corrected chi connectivity index (χ2v) is 8.76. The van der Waals surface area contributed by atoms with Crippen molar-refractivity contribution < 1.29 is 4.39 Å². The molecule has 0 saturated carbocycles. The molecule has 3 aromatic heterocycles. The van der Waals surface area contributed by atoms with E-state index in [4.69, 9.17) is 4.98 Å². The van der Waals surface area contributed by atoms with Crippen LogP contribution >= 0.6 is 0 Å². The normalized spacial score (nSPS) is 13.8. The lowest BCUT2D eigenvalue weighted by Crippen LogP contribution is -2.21. The Balaban J connectivity index is 1.75. The van der Waals surface area contributed by atoms with Crippen molar-refractivity contribution in [3.63, 3.8) is 0 Å². The van der Waals surface area contributed by atoms with Crippen molar-refractivity contribution in [2.24, 2.45) is 5.41 Å². The number of nitriles is 1. The van der Waals surface area contributed by atoms with E-state index >= 15 is 0 Å². The molecule has 0 fully saturated rings. The third-order valence-electron chi connectivity index (χ3n) is 5.88. The fourth-order valence-electron chi connectivity index (χ4n) is 4.19. The smallest absolute Gasteiger partial charge is 0.257 e. The number of anilines is 2. The number of benzene rings is 1. The molecule has 0 aliphatic carbocycles. The minimum atomic E-state index is -0.751. The van der Waals surface area contributed by atoms with Crippen molar-refractivity contribution in [3.05, 3.63) is 53.4 Å². The zero-order valence-electron chi connectivity index (χ0n) is 18.7. The van der Waals surface area contributed by atoms with Gasteiger partial charge in [-0.05, 0) is 63.8 Å². The number of hydrogen-bond acceptors (Lipinski definition) is 6. The summed E-state index contributed by atoms with van der Waals surface area (Å²) in [6.45, 7) is 6.14. The molecule has 4 heterocycles. The maximum Gasteiger partial charge on any atom is 0.257 e. The topological polar surface area (TPSA) is 83.0 Å². The zero-order chi connectivity index (χ0) is 23.2. The summed E-state index contributed by atoms with van der Waals surface area (Å²) in [5.74, 6) is 7.68. The Bertz CT molecular complexity index is 1500. The number of rotatable bonds is 1. The van der Waals surface area contributed by atoms with Crippen molar-refractivity contribution in [2.75, 3.05) is 11.4 Å². The average molecular weight is 439 g/mol. The monoisotopic (exact) mass is 439 g/mol. The van der Waals surface area contributed by atoms with Crippen LogP contribution in [-0.2, 0) is 6.42 Å². The summed E-state index contributed by atoms with van der Waals surface area (Å²) in [6, 6.07) is 6.90. The van der Waals surface area contributed by atoms with Crippen molar-refractivity contribution >= 4 is 28.2 Å². The molecular formula is C25H22FN7.